The van der Waals surface area contributed by atoms with E-state index in [4.69, 9.17) is 0 Å². The van der Waals surface area contributed by atoms with Gasteiger partial charge in [-0.05, 0) is 43.0 Å². The lowest BCUT2D eigenvalue weighted by Crippen LogP contribution is -2.35. The zero-order chi connectivity index (χ0) is 14.0. The fourth-order valence-corrected chi connectivity index (χ4v) is 4.48. The molecule has 0 amide bonds. The van der Waals surface area contributed by atoms with Crippen LogP contribution in [0.4, 0.5) is 0 Å². The van der Waals surface area contributed by atoms with Gasteiger partial charge in [0.05, 0.1) is 16.0 Å². The Kier molecular flexibility index (Phi) is 4.46. The molecule has 1 fully saturated rings. The standard InChI is InChI=1S/C16H25NOS/c1-16(2,3)12-8-10-13(11-9-12)19(18)15-7-5-6-14(15)17-4/h8-11,14-15,17H,5-7H2,1-4H3. The summed E-state index contributed by atoms with van der Waals surface area (Å²) in [7, 11) is 1.09. The van der Waals surface area contributed by atoms with Crippen molar-refractivity contribution in [3.63, 3.8) is 0 Å². The number of rotatable bonds is 3. The van der Waals surface area contributed by atoms with E-state index >= 15 is 0 Å². The van der Waals surface area contributed by atoms with Crippen molar-refractivity contribution in [2.45, 2.75) is 61.6 Å². The Labute approximate surface area is 119 Å². The maximum absolute atomic E-state index is 12.6. The maximum Gasteiger partial charge on any atom is 0.0576 e. The van der Waals surface area contributed by atoms with E-state index in [1.807, 2.05) is 19.2 Å². The second kappa shape index (κ2) is 5.76. The lowest BCUT2D eigenvalue weighted by atomic mass is 9.87. The topological polar surface area (TPSA) is 29.1 Å². The van der Waals surface area contributed by atoms with E-state index in [1.54, 1.807) is 0 Å². The number of nitrogens with one attached hydrogen (secondary N) is 1. The molecule has 0 saturated heterocycles. The van der Waals surface area contributed by atoms with E-state index in [2.05, 4.69) is 38.2 Å². The number of hydrogen-bond acceptors (Lipinski definition) is 2. The second-order valence-electron chi connectivity index (χ2n) is 6.44. The van der Waals surface area contributed by atoms with Crippen molar-refractivity contribution < 1.29 is 4.21 Å². The summed E-state index contributed by atoms with van der Waals surface area (Å²) in [6.45, 7) is 6.60. The van der Waals surface area contributed by atoms with Crippen LogP contribution in [0.5, 0.6) is 0 Å². The minimum absolute atomic E-state index is 0.154. The first kappa shape index (κ1) is 14.7. The fraction of sp³-hybridized carbons (Fsp3) is 0.625. The third-order valence-corrected chi connectivity index (χ3v) is 5.90. The van der Waals surface area contributed by atoms with Crippen LogP contribution in [0.15, 0.2) is 29.2 Å². The molecule has 19 heavy (non-hydrogen) atoms. The zero-order valence-electron chi connectivity index (χ0n) is 12.4. The van der Waals surface area contributed by atoms with Gasteiger partial charge in [-0.1, -0.05) is 39.3 Å². The highest BCUT2D eigenvalue weighted by atomic mass is 32.2. The molecule has 0 spiro atoms. The minimum atomic E-state index is -0.886. The van der Waals surface area contributed by atoms with Gasteiger partial charge >= 0.3 is 0 Å². The molecule has 0 radical (unpaired) electrons. The lowest BCUT2D eigenvalue weighted by molar-refractivity contribution is 0.575. The molecule has 2 rings (SSSR count). The highest BCUT2D eigenvalue weighted by Gasteiger charge is 2.31. The molecule has 0 bridgehead atoms. The SMILES string of the molecule is CNC1CCCC1S(=O)c1ccc(C(C)(C)C)cc1. The third kappa shape index (κ3) is 3.26. The van der Waals surface area contributed by atoms with Crippen LogP contribution in [0.3, 0.4) is 0 Å². The summed E-state index contributed by atoms with van der Waals surface area (Å²) in [5, 5.41) is 3.58. The van der Waals surface area contributed by atoms with Crippen molar-refractivity contribution in [2.24, 2.45) is 0 Å². The van der Waals surface area contributed by atoms with Crippen LogP contribution >= 0.6 is 0 Å². The molecule has 0 aromatic heterocycles. The quantitative estimate of drug-likeness (QED) is 0.920. The van der Waals surface area contributed by atoms with Gasteiger partial charge in [0.15, 0.2) is 0 Å². The summed E-state index contributed by atoms with van der Waals surface area (Å²) < 4.78 is 12.6. The molecule has 106 valence electrons. The Morgan fingerprint density at radius 2 is 1.79 bits per heavy atom. The van der Waals surface area contributed by atoms with E-state index in [0.29, 0.717) is 6.04 Å². The summed E-state index contributed by atoms with van der Waals surface area (Å²) in [6.07, 6.45) is 3.40. The van der Waals surface area contributed by atoms with Crippen LogP contribution in [0.2, 0.25) is 0 Å². The Morgan fingerprint density at radius 1 is 1.16 bits per heavy atom. The average molecular weight is 279 g/mol. The van der Waals surface area contributed by atoms with Gasteiger partial charge in [0.2, 0.25) is 0 Å². The zero-order valence-corrected chi connectivity index (χ0v) is 13.2. The molecule has 3 heteroatoms. The van der Waals surface area contributed by atoms with Crippen LogP contribution in [-0.2, 0) is 16.2 Å². The highest BCUT2D eigenvalue weighted by molar-refractivity contribution is 7.85. The minimum Gasteiger partial charge on any atom is -0.316 e. The maximum atomic E-state index is 12.6. The highest BCUT2D eigenvalue weighted by Crippen LogP contribution is 2.29. The summed E-state index contributed by atoms with van der Waals surface area (Å²) in [5.41, 5.74) is 1.45. The largest absolute Gasteiger partial charge is 0.316 e. The van der Waals surface area contributed by atoms with Crippen molar-refractivity contribution in [3.8, 4) is 0 Å². The Morgan fingerprint density at radius 3 is 2.32 bits per heavy atom. The van der Waals surface area contributed by atoms with Gasteiger partial charge in [-0.15, -0.1) is 0 Å². The Bertz CT molecular complexity index is 447. The van der Waals surface area contributed by atoms with E-state index in [1.165, 1.54) is 12.0 Å². The second-order valence-corrected chi connectivity index (χ2v) is 8.11. The van der Waals surface area contributed by atoms with E-state index in [9.17, 15) is 4.21 Å². The first-order valence-corrected chi connectivity index (χ1v) is 8.33. The smallest absolute Gasteiger partial charge is 0.0576 e. The predicted molar refractivity (Wildman–Crippen MR) is 82.0 cm³/mol. The molecule has 2 nitrogen and oxygen atoms in total. The molecule has 1 aromatic rings. The van der Waals surface area contributed by atoms with Gasteiger partial charge in [0, 0.05) is 10.9 Å². The third-order valence-electron chi connectivity index (χ3n) is 4.05. The van der Waals surface area contributed by atoms with Gasteiger partial charge in [-0.25, -0.2) is 0 Å². The van der Waals surface area contributed by atoms with Gasteiger partial charge in [-0.3, -0.25) is 4.21 Å². The molecule has 1 aliphatic carbocycles. The predicted octanol–water partition coefficient (Wildman–Crippen LogP) is 3.23. The molecule has 1 aromatic carbocycles. The van der Waals surface area contributed by atoms with Crippen molar-refractivity contribution in [3.05, 3.63) is 29.8 Å². The van der Waals surface area contributed by atoms with Crippen molar-refractivity contribution >= 4 is 10.8 Å². The van der Waals surface area contributed by atoms with Gasteiger partial charge in [0.1, 0.15) is 0 Å². The summed E-state index contributed by atoms with van der Waals surface area (Å²) >= 11 is 0. The fourth-order valence-electron chi connectivity index (χ4n) is 2.78. The van der Waals surface area contributed by atoms with Crippen LogP contribution in [0, 0.1) is 0 Å². The molecular formula is C16H25NOS. The van der Waals surface area contributed by atoms with Crippen LogP contribution in [0.1, 0.15) is 45.6 Å². The summed E-state index contributed by atoms with van der Waals surface area (Å²) in [6, 6.07) is 8.74. The average Bonchev–Trinajstić information content (AvgIpc) is 2.85. The Balaban J connectivity index is 2.16. The first-order valence-electron chi connectivity index (χ1n) is 7.12. The lowest BCUT2D eigenvalue weighted by Gasteiger charge is -2.21. The molecule has 0 aliphatic heterocycles. The van der Waals surface area contributed by atoms with Gasteiger partial charge < -0.3 is 5.32 Å². The number of benzene rings is 1. The molecule has 3 unspecified atom stereocenters. The molecule has 1 saturated carbocycles. The van der Waals surface area contributed by atoms with E-state index in [-0.39, 0.29) is 10.7 Å². The van der Waals surface area contributed by atoms with Crippen molar-refractivity contribution in [1.29, 1.82) is 0 Å². The molecule has 3 atom stereocenters. The van der Waals surface area contributed by atoms with Crippen molar-refractivity contribution in [2.75, 3.05) is 7.05 Å². The normalized spacial score (nSPS) is 25.5. The monoisotopic (exact) mass is 279 g/mol. The first-order chi connectivity index (χ1) is 8.93. The van der Waals surface area contributed by atoms with Gasteiger partial charge in [-0.2, -0.15) is 0 Å². The molecule has 1 N–H and O–H groups in total. The summed E-state index contributed by atoms with van der Waals surface area (Å²) in [5.74, 6) is 0. The van der Waals surface area contributed by atoms with Crippen LogP contribution in [0.25, 0.3) is 0 Å². The van der Waals surface area contributed by atoms with E-state index < -0.39 is 10.8 Å². The Hall–Kier alpha value is -0.670. The van der Waals surface area contributed by atoms with Crippen LogP contribution < -0.4 is 5.32 Å². The van der Waals surface area contributed by atoms with Crippen molar-refractivity contribution in [1.82, 2.24) is 5.32 Å². The van der Waals surface area contributed by atoms with Gasteiger partial charge in [0.25, 0.3) is 0 Å². The van der Waals surface area contributed by atoms with E-state index in [0.717, 1.165) is 17.7 Å². The molecule has 0 heterocycles. The van der Waals surface area contributed by atoms with Crippen LogP contribution in [-0.4, -0.2) is 22.5 Å². The summed E-state index contributed by atoms with van der Waals surface area (Å²) in [4.78, 5) is 0.972. The number of hydrogen-bond donors (Lipinski definition) is 1. The molecule has 1 aliphatic rings. The molecular weight excluding hydrogens is 254 g/mol.